The minimum Gasteiger partial charge on any atom is -0.491 e. The molecule has 1 fully saturated rings. The Morgan fingerprint density at radius 3 is 2.47 bits per heavy atom. The predicted molar refractivity (Wildman–Crippen MR) is 133 cm³/mol. The molecule has 3 rings (SSSR count). The number of benzene rings is 2. The van der Waals surface area contributed by atoms with Crippen molar-refractivity contribution in [1.29, 1.82) is 0 Å². The minimum absolute atomic E-state index is 0. The first kappa shape index (κ1) is 24.0. The normalized spacial score (nSPS) is 13.2. The fraction of sp³-hybridized carbons (Fsp3) is 0.391. The number of hydrogen-bond donors (Lipinski definition) is 3. The zero-order valence-corrected chi connectivity index (χ0v) is 19.7. The summed E-state index contributed by atoms with van der Waals surface area (Å²) in [6.07, 6.45) is 2.04. The van der Waals surface area contributed by atoms with E-state index >= 15 is 0 Å². The molecule has 0 atom stereocenters. The second-order valence-electron chi connectivity index (χ2n) is 6.96. The van der Waals surface area contributed by atoms with Crippen LogP contribution in [0.2, 0.25) is 0 Å². The van der Waals surface area contributed by atoms with Crippen molar-refractivity contribution in [1.82, 2.24) is 16.0 Å². The van der Waals surface area contributed by atoms with E-state index in [1.54, 1.807) is 0 Å². The lowest BCUT2D eigenvalue weighted by Crippen LogP contribution is -2.40. The molecular formula is C23H31IN4O2. The number of halogens is 1. The van der Waals surface area contributed by atoms with Crippen LogP contribution in [-0.4, -0.2) is 44.7 Å². The average molecular weight is 522 g/mol. The van der Waals surface area contributed by atoms with Crippen LogP contribution in [0.25, 0.3) is 11.1 Å². The molecule has 30 heavy (non-hydrogen) atoms. The van der Waals surface area contributed by atoms with E-state index < -0.39 is 0 Å². The summed E-state index contributed by atoms with van der Waals surface area (Å²) in [6, 6.07) is 18.3. The van der Waals surface area contributed by atoms with Crippen molar-refractivity contribution >= 4 is 35.8 Å². The van der Waals surface area contributed by atoms with Gasteiger partial charge in [-0.2, -0.15) is 0 Å². The summed E-state index contributed by atoms with van der Waals surface area (Å²) < 4.78 is 6.01. The lowest BCUT2D eigenvalue weighted by Gasteiger charge is -2.14. The van der Waals surface area contributed by atoms with E-state index in [2.05, 4.69) is 39.1 Å². The molecule has 1 amide bonds. The van der Waals surface area contributed by atoms with Crippen molar-refractivity contribution in [3.8, 4) is 16.9 Å². The molecule has 162 valence electrons. The van der Waals surface area contributed by atoms with Crippen LogP contribution in [-0.2, 0) is 4.79 Å². The number of rotatable bonds is 10. The fourth-order valence-corrected chi connectivity index (χ4v) is 2.96. The first-order valence-corrected chi connectivity index (χ1v) is 10.3. The smallest absolute Gasteiger partial charge is 0.223 e. The van der Waals surface area contributed by atoms with E-state index in [1.807, 2.05) is 43.3 Å². The Morgan fingerprint density at radius 1 is 1.00 bits per heavy atom. The summed E-state index contributed by atoms with van der Waals surface area (Å²) in [5, 5.41) is 9.41. The van der Waals surface area contributed by atoms with Gasteiger partial charge >= 0.3 is 0 Å². The van der Waals surface area contributed by atoms with Crippen LogP contribution in [0, 0.1) is 5.92 Å². The maximum atomic E-state index is 11.6. The quantitative estimate of drug-likeness (QED) is 0.194. The molecule has 0 bridgehead atoms. The number of carbonyl (C=O) groups excluding carboxylic acids is 1. The molecule has 0 heterocycles. The third-order valence-electron chi connectivity index (χ3n) is 4.60. The molecule has 2 aromatic carbocycles. The van der Waals surface area contributed by atoms with Gasteiger partial charge in [0, 0.05) is 24.6 Å². The van der Waals surface area contributed by atoms with Gasteiger partial charge in [-0.1, -0.05) is 48.5 Å². The van der Waals surface area contributed by atoms with Crippen molar-refractivity contribution < 1.29 is 9.53 Å². The molecule has 0 unspecified atom stereocenters. The summed E-state index contributed by atoms with van der Waals surface area (Å²) in [5.41, 5.74) is 2.22. The number of carbonyl (C=O) groups is 1. The largest absolute Gasteiger partial charge is 0.491 e. The van der Waals surface area contributed by atoms with Crippen molar-refractivity contribution in [3.63, 3.8) is 0 Å². The fourth-order valence-electron chi connectivity index (χ4n) is 2.96. The van der Waals surface area contributed by atoms with E-state index in [0.717, 1.165) is 42.2 Å². The Morgan fingerprint density at radius 2 is 1.73 bits per heavy atom. The predicted octanol–water partition coefficient (Wildman–Crippen LogP) is 3.43. The average Bonchev–Trinajstić information content (AvgIpc) is 3.60. The highest BCUT2D eigenvalue weighted by Gasteiger charge is 2.28. The monoisotopic (exact) mass is 522 g/mol. The molecule has 1 aliphatic rings. The van der Waals surface area contributed by atoms with Crippen LogP contribution in [0.5, 0.6) is 5.75 Å². The van der Waals surface area contributed by atoms with Gasteiger partial charge in [-0.05, 0) is 31.4 Å². The molecule has 0 saturated heterocycles. The molecule has 0 spiro atoms. The number of ether oxygens (including phenoxy) is 1. The SMILES string of the molecule is CCNC(=NCCNC(=O)C1CC1)NCCOc1ccccc1-c1ccccc1.I. The third kappa shape index (κ3) is 7.85. The number of para-hydroxylation sites is 1. The van der Waals surface area contributed by atoms with E-state index in [4.69, 9.17) is 4.74 Å². The highest BCUT2D eigenvalue weighted by atomic mass is 127. The molecule has 0 aromatic heterocycles. The summed E-state index contributed by atoms with van der Waals surface area (Å²) in [6.45, 7) is 5.06. The van der Waals surface area contributed by atoms with Crippen LogP contribution in [0.15, 0.2) is 59.6 Å². The van der Waals surface area contributed by atoms with Gasteiger partial charge in [0.2, 0.25) is 5.91 Å². The number of hydrogen-bond acceptors (Lipinski definition) is 3. The van der Waals surface area contributed by atoms with Crippen LogP contribution in [0.4, 0.5) is 0 Å². The highest BCUT2D eigenvalue weighted by Crippen LogP contribution is 2.29. The third-order valence-corrected chi connectivity index (χ3v) is 4.60. The standard InChI is InChI=1S/C23H30N4O2.HI/c1-2-24-23(26-15-14-25-22(28)19-12-13-19)27-16-17-29-21-11-7-6-10-20(21)18-8-4-3-5-9-18;/h3-11,19H,2,12-17H2,1H3,(H,25,28)(H2,24,26,27);1H. The molecule has 3 N–H and O–H groups in total. The van der Waals surface area contributed by atoms with Gasteiger partial charge in [0.05, 0.1) is 13.1 Å². The van der Waals surface area contributed by atoms with E-state index in [9.17, 15) is 4.79 Å². The molecule has 0 radical (unpaired) electrons. The molecule has 1 saturated carbocycles. The van der Waals surface area contributed by atoms with Gasteiger partial charge in [0.1, 0.15) is 12.4 Å². The Labute approximate surface area is 195 Å². The number of nitrogens with one attached hydrogen (secondary N) is 3. The van der Waals surface area contributed by atoms with Crippen molar-refractivity contribution in [3.05, 3.63) is 54.6 Å². The Kier molecular flexibility index (Phi) is 10.5. The summed E-state index contributed by atoms with van der Waals surface area (Å²) in [4.78, 5) is 16.1. The Balaban J connectivity index is 0.00000320. The first-order valence-electron chi connectivity index (χ1n) is 10.3. The van der Waals surface area contributed by atoms with Gasteiger partial charge in [-0.25, -0.2) is 0 Å². The van der Waals surface area contributed by atoms with Crippen molar-refractivity contribution in [2.24, 2.45) is 10.9 Å². The molecule has 6 nitrogen and oxygen atoms in total. The van der Waals surface area contributed by atoms with E-state index in [0.29, 0.717) is 26.2 Å². The van der Waals surface area contributed by atoms with Gasteiger partial charge in [-0.15, -0.1) is 24.0 Å². The number of guanidine groups is 1. The van der Waals surface area contributed by atoms with Crippen LogP contribution < -0.4 is 20.7 Å². The van der Waals surface area contributed by atoms with E-state index in [1.165, 1.54) is 0 Å². The highest BCUT2D eigenvalue weighted by molar-refractivity contribution is 14.0. The maximum absolute atomic E-state index is 11.6. The zero-order chi connectivity index (χ0) is 20.3. The summed E-state index contributed by atoms with van der Waals surface area (Å²) in [7, 11) is 0. The lowest BCUT2D eigenvalue weighted by molar-refractivity contribution is -0.122. The number of nitrogens with zero attached hydrogens (tertiary/aromatic N) is 1. The Hall–Kier alpha value is -2.29. The van der Waals surface area contributed by atoms with Gasteiger partial charge in [0.15, 0.2) is 5.96 Å². The molecule has 2 aromatic rings. The van der Waals surface area contributed by atoms with Crippen molar-refractivity contribution in [2.45, 2.75) is 19.8 Å². The Bertz CT molecular complexity index is 810. The minimum atomic E-state index is 0. The van der Waals surface area contributed by atoms with Crippen LogP contribution in [0.3, 0.4) is 0 Å². The molecule has 1 aliphatic carbocycles. The van der Waals surface area contributed by atoms with Gasteiger partial charge < -0.3 is 20.7 Å². The van der Waals surface area contributed by atoms with Crippen molar-refractivity contribution in [2.75, 3.05) is 32.8 Å². The topological polar surface area (TPSA) is 74.8 Å². The first-order chi connectivity index (χ1) is 14.3. The lowest BCUT2D eigenvalue weighted by atomic mass is 10.1. The summed E-state index contributed by atoms with van der Waals surface area (Å²) >= 11 is 0. The number of amides is 1. The van der Waals surface area contributed by atoms with Crippen LogP contribution in [0.1, 0.15) is 19.8 Å². The van der Waals surface area contributed by atoms with E-state index in [-0.39, 0.29) is 35.8 Å². The number of aliphatic imine (C=N–C) groups is 1. The maximum Gasteiger partial charge on any atom is 0.223 e. The van der Waals surface area contributed by atoms with Gasteiger partial charge in [0.25, 0.3) is 0 Å². The second-order valence-corrected chi connectivity index (χ2v) is 6.96. The molecule has 7 heteroatoms. The summed E-state index contributed by atoms with van der Waals surface area (Å²) in [5.74, 6) is 1.99. The zero-order valence-electron chi connectivity index (χ0n) is 17.4. The van der Waals surface area contributed by atoms with Crippen LogP contribution >= 0.6 is 24.0 Å². The molecular weight excluding hydrogens is 491 g/mol. The molecule has 0 aliphatic heterocycles. The second kappa shape index (κ2) is 13.1. The van der Waals surface area contributed by atoms with Gasteiger partial charge in [-0.3, -0.25) is 9.79 Å².